The third kappa shape index (κ3) is 30.7. The second-order valence-corrected chi connectivity index (χ2v) is 17.3. The first kappa shape index (κ1) is 58.0. The van der Waals surface area contributed by atoms with Crippen LogP contribution in [0.25, 0.3) is 0 Å². The fourth-order valence-electron chi connectivity index (χ4n) is 6.39. The van der Waals surface area contributed by atoms with E-state index in [1.54, 1.807) is 0 Å². The zero-order valence-electron chi connectivity index (χ0n) is 38.1. The van der Waals surface area contributed by atoms with Crippen LogP contribution in [-0.4, -0.2) is 98.3 Å². The van der Waals surface area contributed by atoms with Crippen molar-refractivity contribution in [3.8, 4) is 0 Å². The zero-order valence-corrected chi connectivity index (χ0v) is 39.0. The third-order valence-electron chi connectivity index (χ3n) is 10.2. The normalized spacial score (nSPS) is 22.5. The molecule has 14 heteroatoms. The van der Waals surface area contributed by atoms with Crippen LogP contribution in [0.2, 0.25) is 0 Å². The van der Waals surface area contributed by atoms with Crippen molar-refractivity contribution in [1.29, 1.82) is 0 Å². The van der Waals surface area contributed by atoms with Gasteiger partial charge in [0.1, 0.15) is 43.2 Å². The van der Waals surface area contributed by atoms with Crippen LogP contribution in [-0.2, 0) is 32.7 Å². The Morgan fingerprint density at radius 2 is 0.857 bits per heavy atom. The van der Waals surface area contributed by atoms with Crippen LogP contribution < -0.4 is 0 Å². The Labute approximate surface area is 378 Å². The molecule has 0 aromatic carbocycles. The number of ether oxygens (including phenoxy) is 2. The maximum absolute atomic E-state index is 12.8. The lowest BCUT2D eigenvalue weighted by atomic mass is 9.85. The Balaban J connectivity index is 2.52. The molecule has 13 nitrogen and oxygen atoms in total. The molecule has 0 spiro atoms. The Bertz CT molecular complexity index is 1420. The highest BCUT2D eigenvalue weighted by atomic mass is 31.2. The number of unbranched alkanes of at least 4 members (excludes halogenated alkanes) is 11. The molecule has 8 atom stereocenters. The summed E-state index contributed by atoms with van der Waals surface area (Å²) in [4.78, 5) is 35.7. The van der Waals surface area contributed by atoms with Gasteiger partial charge < -0.3 is 39.9 Å². The van der Waals surface area contributed by atoms with Crippen LogP contribution in [0.3, 0.4) is 0 Å². The quantitative estimate of drug-likeness (QED) is 0.0149. The van der Waals surface area contributed by atoms with E-state index in [-0.39, 0.29) is 12.8 Å². The lowest BCUT2D eigenvalue weighted by Crippen LogP contribution is -2.64. The van der Waals surface area contributed by atoms with Crippen LogP contribution in [0.4, 0.5) is 0 Å². The maximum Gasteiger partial charge on any atom is 0.472 e. The summed E-state index contributed by atoms with van der Waals surface area (Å²) >= 11 is 0. The average Bonchev–Trinajstić information content (AvgIpc) is 3.26. The molecular weight excluding hydrogens is 828 g/mol. The minimum Gasteiger partial charge on any atom is -0.462 e. The monoisotopic (exact) mass is 909 g/mol. The Morgan fingerprint density at radius 1 is 0.492 bits per heavy atom. The lowest BCUT2D eigenvalue weighted by Gasteiger charge is -2.41. The number of phosphoric ester groups is 1. The van der Waals surface area contributed by atoms with Crippen LogP contribution in [0, 0.1) is 0 Å². The predicted molar refractivity (Wildman–Crippen MR) is 248 cm³/mol. The van der Waals surface area contributed by atoms with E-state index >= 15 is 0 Å². The fourth-order valence-corrected chi connectivity index (χ4v) is 7.37. The van der Waals surface area contributed by atoms with Crippen LogP contribution >= 0.6 is 7.82 Å². The highest BCUT2D eigenvalue weighted by Gasteiger charge is 2.51. The number of aliphatic hydroxyl groups is 5. The number of phosphoric acid groups is 1. The topological polar surface area (TPSA) is 210 Å². The van der Waals surface area contributed by atoms with E-state index in [2.05, 4.69) is 98.9 Å². The summed E-state index contributed by atoms with van der Waals surface area (Å²) < 4.78 is 33.5. The molecule has 6 N–H and O–H groups in total. The number of aliphatic hydroxyl groups excluding tert-OH is 5. The van der Waals surface area contributed by atoms with Crippen molar-refractivity contribution in [1.82, 2.24) is 0 Å². The number of esters is 2. The van der Waals surface area contributed by atoms with Gasteiger partial charge in [0.2, 0.25) is 0 Å². The molecule has 0 aromatic rings. The summed E-state index contributed by atoms with van der Waals surface area (Å²) in [5.41, 5.74) is 0. The molecule has 1 aliphatic carbocycles. The second-order valence-electron chi connectivity index (χ2n) is 15.9. The van der Waals surface area contributed by atoms with Gasteiger partial charge in [-0.15, -0.1) is 0 Å². The Hall–Kier alpha value is -2.97. The number of allylic oxidation sites excluding steroid dienone is 14. The first-order chi connectivity index (χ1) is 30.4. The highest BCUT2D eigenvalue weighted by molar-refractivity contribution is 7.47. The van der Waals surface area contributed by atoms with Gasteiger partial charge in [0.05, 0.1) is 6.61 Å². The molecule has 0 amide bonds. The summed E-state index contributed by atoms with van der Waals surface area (Å²) in [6, 6.07) is 0. The molecule has 63 heavy (non-hydrogen) atoms. The van der Waals surface area contributed by atoms with Gasteiger partial charge in [-0.05, 0) is 96.3 Å². The number of hydrogen-bond donors (Lipinski definition) is 6. The fraction of sp³-hybridized carbons (Fsp3) is 0.673. The van der Waals surface area contributed by atoms with Gasteiger partial charge in [-0.25, -0.2) is 4.57 Å². The molecule has 360 valence electrons. The van der Waals surface area contributed by atoms with E-state index in [9.17, 15) is 44.6 Å². The van der Waals surface area contributed by atoms with Crippen LogP contribution in [0.1, 0.15) is 155 Å². The standard InChI is InChI=1S/C49H81O13P/c1-3-5-7-9-11-13-15-17-19-20-21-22-24-26-28-30-32-34-36-38-43(51)61-41(40-60-63(57,58)62-49-47(55)45(53)44(52)46(54)48(49)56)39-59-42(50)37-35-33-31-29-27-25-23-18-16-14-12-10-8-6-4-2/h11-14,17-19,21-23,26-29,41,44-49,52-56H,3-10,15-16,20,24-25,30-40H2,1-2H3,(H,57,58)/b13-11-,14-12-,19-17-,22-21-,23-18-,28-26-,29-27-/t41-,44?,45-,46?,47?,48?,49?/m1/s1. The molecule has 1 aliphatic rings. The van der Waals surface area contributed by atoms with E-state index in [4.69, 9.17) is 18.5 Å². The molecule has 0 saturated heterocycles. The molecule has 0 heterocycles. The van der Waals surface area contributed by atoms with Crippen molar-refractivity contribution in [3.05, 3.63) is 85.1 Å². The summed E-state index contributed by atoms with van der Waals surface area (Å²) in [5.74, 6) is -1.19. The molecule has 0 aliphatic heterocycles. The van der Waals surface area contributed by atoms with Gasteiger partial charge in [0.25, 0.3) is 0 Å². The van der Waals surface area contributed by atoms with E-state index in [1.165, 1.54) is 38.5 Å². The van der Waals surface area contributed by atoms with E-state index in [0.29, 0.717) is 12.8 Å². The van der Waals surface area contributed by atoms with Crippen molar-refractivity contribution in [2.75, 3.05) is 13.2 Å². The first-order valence-electron chi connectivity index (χ1n) is 23.4. The Kier molecular flexibility index (Phi) is 35.3. The van der Waals surface area contributed by atoms with Crippen molar-refractivity contribution in [2.45, 2.75) is 198 Å². The lowest BCUT2D eigenvalue weighted by molar-refractivity contribution is -0.220. The maximum atomic E-state index is 12.8. The number of carbonyl (C=O) groups is 2. The summed E-state index contributed by atoms with van der Waals surface area (Å²) in [5, 5.41) is 50.2. The van der Waals surface area contributed by atoms with E-state index < -0.39 is 75.7 Å². The molecule has 1 saturated carbocycles. The van der Waals surface area contributed by atoms with Crippen molar-refractivity contribution < 1.29 is 63.1 Å². The van der Waals surface area contributed by atoms with Gasteiger partial charge in [0.15, 0.2) is 6.10 Å². The largest absolute Gasteiger partial charge is 0.472 e. The van der Waals surface area contributed by atoms with Crippen LogP contribution in [0.5, 0.6) is 0 Å². The molecule has 1 rings (SSSR count). The number of hydrogen-bond acceptors (Lipinski definition) is 12. The molecule has 1 fully saturated rings. The van der Waals surface area contributed by atoms with Gasteiger partial charge in [-0.3, -0.25) is 18.6 Å². The summed E-state index contributed by atoms with van der Waals surface area (Å²) in [7, 11) is -5.14. The van der Waals surface area contributed by atoms with E-state index in [1.807, 2.05) is 0 Å². The molecule has 0 bridgehead atoms. The summed E-state index contributed by atoms with van der Waals surface area (Å²) in [6.07, 6.45) is 36.3. The number of rotatable bonds is 37. The average molecular weight is 909 g/mol. The van der Waals surface area contributed by atoms with Gasteiger partial charge >= 0.3 is 19.8 Å². The minimum atomic E-state index is -5.14. The van der Waals surface area contributed by atoms with Gasteiger partial charge in [-0.2, -0.15) is 0 Å². The second kappa shape index (κ2) is 38.3. The first-order valence-corrected chi connectivity index (χ1v) is 24.9. The Morgan fingerprint density at radius 3 is 1.30 bits per heavy atom. The SMILES string of the molecule is CCCCC/C=C\C/C=C\C/C=C\C/C=C\CCCCCC(=O)O[C@H](COC(=O)CCCC/C=C\C/C=C\C/C=C\CCCCC)COP(=O)(O)OC1C(O)C(O)C(O)[C@@H](O)C1O. The zero-order chi connectivity index (χ0) is 46.4. The highest BCUT2D eigenvalue weighted by Crippen LogP contribution is 2.47. The predicted octanol–water partition coefficient (Wildman–Crippen LogP) is 9.28. The smallest absolute Gasteiger partial charge is 0.462 e. The summed E-state index contributed by atoms with van der Waals surface area (Å²) in [6.45, 7) is 3.17. The van der Waals surface area contributed by atoms with Gasteiger partial charge in [0, 0.05) is 12.8 Å². The number of carbonyl (C=O) groups excluding carboxylic acids is 2. The third-order valence-corrected chi connectivity index (χ3v) is 11.2. The molecule has 0 radical (unpaired) electrons. The molecule has 6 unspecified atom stereocenters. The van der Waals surface area contributed by atoms with Crippen molar-refractivity contribution in [2.24, 2.45) is 0 Å². The van der Waals surface area contributed by atoms with E-state index in [0.717, 1.165) is 77.0 Å². The van der Waals surface area contributed by atoms with Crippen molar-refractivity contribution in [3.63, 3.8) is 0 Å². The van der Waals surface area contributed by atoms with Gasteiger partial charge in [-0.1, -0.05) is 131 Å². The minimum absolute atomic E-state index is 0.0460. The van der Waals surface area contributed by atoms with Crippen LogP contribution in [0.15, 0.2) is 85.1 Å². The van der Waals surface area contributed by atoms with Crippen molar-refractivity contribution >= 4 is 19.8 Å². The molecule has 0 aromatic heterocycles. The molecular formula is C49H81O13P.